The molecule has 1 aromatic carbocycles. The van der Waals surface area contributed by atoms with E-state index in [0.29, 0.717) is 30.2 Å². The van der Waals surface area contributed by atoms with Crippen molar-refractivity contribution in [3.8, 4) is 11.5 Å². The molecule has 2 N–H and O–H groups in total. The Bertz CT molecular complexity index is 774. The summed E-state index contributed by atoms with van der Waals surface area (Å²) in [5, 5.41) is 9.46. The van der Waals surface area contributed by atoms with Gasteiger partial charge < -0.3 is 19.7 Å². The Hall–Kier alpha value is -3.03. The Labute approximate surface area is 145 Å². The van der Waals surface area contributed by atoms with Gasteiger partial charge >= 0.3 is 0 Å². The number of carbonyl (C=O) groups excluding carboxylic acids is 2. The van der Waals surface area contributed by atoms with Crippen LogP contribution in [0.5, 0.6) is 11.5 Å². The van der Waals surface area contributed by atoms with Gasteiger partial charge in [0.05, 0.1) is 12.8 Å². The van der Waals surface area contributed by atoms with Crippen LogP contribution in [0.4, 0.5) is 0 Å². The lowest BCUT2D eigenvalue weighted by Crippen LogP contribution is -2.40. The zero-order valence-electron chi connectivity index (χ0n) is 14.1. The Kier molecular flexibility index (Phi) is 4.87. The number of amides is 2. The SMILES string of the molecule is COc1ccccc1OCc1cc(C(=O)NC2CCN(C)C2=O)n[nH]1. The zero-order chi connectivity index (χ0) is 17.8. The van der Waals surface area contributed by atoms with E-state index in [-0.39, 0.29) is 24.1 Å². The minimum Gasteiger partial charge on any atom is -0.493 e. The van der Waals surface area contributed by atoms with E-state index in [9.17, 15) is 9.59 Å². The number of rotatable bonds is 6. The van der Waals surface area contributed by atoms with Gasteiger partial charge in [0.25, 0.3) is 5.91 Å². The van der Waals surface area contributed by atoms with Gasteiger partial charge in [-0.05, 0) is 24.6 Å². The second kappa shape index (κ2) is 7.25. The second-order valence-corrected chi connectivity index (χ2v) is 5.79. The van der Waals surface area contributed by atoms with E-state index in [2.05, 4.69) is 15.5 Å². The maximum atomic E-state index is 12.2. The highest BCUT2D eigenvalue weighted by atomic mass is 16.5. The zero-order valence-corrected chi connectivity index (χ0v) is 14.1. The first-order valence-corrected chi connectivity index (χ1v) is 7.94. The van der Waals surface area contributed by atoms with Gasteiger partial charge in [-0.2, -0.15) is 5.10 Å². The normalized spacial score (nSPS) is 16.8. The van der Waals surface area contributed by atoms with Crippen LogP contribution in [-0.4, -0.2) is 53.7 Å². The summed E-state index contributed by atoms with van der Waals surface area (Å²) in [6.45, 7) is 0.855. The van der Waals surface area contributed by atoms with Crippen molar-refractivity contribution >= 4 is 11.8 Å². The lowest BCUT2D eigenvalue weighted by Gasteiger charge is -2.11. The van der Waals surface area contributed by atoms with Crippen LogP contribution in [0.2, 0.25) is 0 Å². The molecule has 1 aliphatic rings. The summed E-state index contributed by atoms with van der Waals surface area (Å²) in [6.07, 6.45) is 0.606. The van der Waals surface area contributed by atoms with Gasteiger partial charge in [0.15, 0.2) is 11.5 Å². The Balaban J connectivity index is 1.58. The van der Waals surface area contributed by atoms with Crippen LogP contribution in [0.25, 0.3) is 0 Å². The smallest absolute Gasteiger partial charge is 0.272 e. The molecule has 2 aromatic rings. The number of likely N-dealkylation sites (N-methyl/N-ethyl adjacent to an activating group) is 1. The van der Waals surface area contributed by atoms with Gasteiger partial charge in [0.1, 0.15) is 18.3 Å². The average Bonchev–Trinajstić information content (AvgIpc) is 3.22. The van der Waals surface area contributed by atoms with Crippen molar-refractivity contribution in [1.82, 2.24) is 20.4 Å². The van der Waals surface area contributed by atoms with Crippen molar-refractivity contribution < 1.29 is 19.1 Å². The lowest BCUT2D eigenvalue weighted by atomic mass is 10.2. The number of nitrogens with one attached hydrogen (secondary N) is 2. The topological polar surface area (TPSA) is 96.6 Å². The van der Waals surface area contributed by atoms with Gasteiger partial charge in [0.2, 0.25) is 5.91 Å². The first-order chi connectivity index (χ1) is 12.1. The van der Waals surface area contributed by atoms with Crippen LogP contribution in [0, 0.1) is 0 Å². The van der Waals surface area contributed by atoms with Crippen molar-refractivity contribution in [3.05, 3.63) is 41.7 Å². The molecule has 1 unspecified atom stereocenters. The summed E-state index contributed by atoms with van der Waals surface area (Å²) in [5.41, 5.74) is 0.868. The fraction of sp³-hybridized carbons (Fsp3) is 0.353. The van der Waals surface area contributed by atoms with E-state index in [1.807, 2.05) is 12.1 Å². The molecule has 1 saturated heterocycles. The molecule has 132 valence electrons. The van der Waals surface area contributed by atoms with Crippen LogP contribution < -0.4 is 14.8 Å². The number of methoxy groups -OCH3 is 1. The van der Waals surface area contributed by atoms with E-state index in [1.54, 1.807) is 37.3 Å². The monoisotopic (exact) mass is 344 g/mol. The Morgan fingerprint density at radius 2 is 2.16 bits per heavy atom. The summed E-state index contributed by atoms with van der Waals surface area (Å²) >= 11 is 0. The number of aromatic amines is 1. The molecule has 8 heteroatoms. The van der Waals surface area contributed by atoms with Crippen LogP contribution in [0.15, 0.2) is 30.3 Å². The molecule has 8 nitrogen and oxygen atoms in total. The molecule has 0 radical (unpaired) electrons. The molecule has 0 saturated carbocycles. The molecule has 1 aliphatic heterocycles. The van der Waals surface area contributed by atoms with Crippen LogP contribution >= 0.6 is 0 Å². The van der Waals surface area contributed by atoms with Gasteiger partial charge in [-0.25, -0.2) is 0 Å². The molecular weight excluding hydrogens is 324 g/mol. The van der Waals surface area contributed by atoms with E-state index < -0.39 is 6.04 Å². The highest BCUT2D eigenvalue weighted by Gasteiger charge is 2.30. The predicted octanol–water partition coefficient (Wildman–Crippen LogP) is 0.958. The standard InChI is InChI=1S/C17H20N4O4/c1-21-8-7-12(17(21)23)18-16(22)13-9-11(19-20-13)10-25-15-6-4-3-5-14(15)24-2/h3-6,9,12H,7-8,10H2,1-2H3,(H,18,22)(H,19,20). The maximum absolute atomic E-state index is 12.2. The van der Waals surface area contributed by atoms with Crippen molar-refractivity contribution in [3.63, 3.8) is 0 Å². The molecule has 0 spiro atoms. The Morgan fingerprint density at radius 1 is 1.40 bits per heavy atom. The molecule has 3 rings (SSSR count). The minimum absolute atomic E-state index is 0.0800. The van der Waals surface area contributed by atoms with Gasteiger partial charge in [0, 0.05) is 13.6 Å². The second-order valence-electron chi connectivity index (χ2n) is 5.79. The third-order valence-electron chi connectivity index (χ3n) is 4.05. The number of likely N-dealkylation sites (tertiary alicyclic amines) is 1. The van der Waals surface area contributed by atoms with Crippen LogP contribution in [0.3, 0.4) is 0 Å². The van der Waals surface area contributed by atoms with Crippen LogP contribution in [-0.2, 0) is 11.4 Å². The number of carbonyl (C=O) groups is 2. The molecule has 2 heterocycles. The molecule has 1 atom stereocenters. The molecule has 0 aliphatic carbocycles. The fourth-order valence-electron chi connectivity index (χ4n) is 2.63. The third kappa shape index (κ3) is 3.73. The summed E-state index contributed by atoms with van der Waals surface area (Å²) in [7, 11) is 3.29. The highest BCUT2D eigenvalue weighted by molar-refractivity contribution is 5.96. The first-order valence-electron chi connectivity index (χ1n) is 7.94. The number of benzene rings is 1. The quantitative estimate of drug-likeness (QED) is 0.813. The molecule has 1 fully saturated rings. The molecule has 2 amide bonds. The largest absolute Gasteiger partial charge is 0.493 e. The third-order valence-corrected chi connectivity index (χ3v) is 4.05. The Morgan fingerprint density at radius 3 is 2.84 bits per heavy atom. The summed E-state index contributed by atoms with van der Waals surface area (Å²) < 4.78 is 10.9. The highest BCUT2D eigenvalue weighted by Crippen LogP contribution is 2.26. The lowest BCUT2D eigenvalue weighted by molar-refractivity contribution is -0.128. The maximum Gasteiger partial charge on any atom is 0.272 e. The molecule has 25 heavy (non-hydrogen) atoms. The number of para-hydroxylation sites is 2. The van der Waals surface area contributed by atoms with Gasteiger partial charge in [-0.3, -0.25) is 14.7 Å². The van der Waals surface area contributed by atoms with E-state index in [4.69, 9.17) is 9.47 Å². The average molecular weight is 344 g/mol. The molecular formula is C17H20N4O4. The van der Waals surface area contributed by atoms with Crippen molar-refractivity contribution in [2.75, 3.05) is 20.7 Å². The van der Waals surface area contributed by atoms with Crippen molar-refractivity contribution in [1.29, 1.82) is 0 Å². The molecule has 1 aromatic heterocycles. The summed E-state index contributed by atoms with van der Waals surface area (Å²) in [5.74, 6) is 0.770. The van der Waals surface area contributed by atoms with Gasteiger partial charge in [-0.15, -0.1) is 0 Å². The van der Waals surface area contributed by atoms with Crippen LogP contribution in [0.1, 0.15) is 22.6 Å². The number of aromatic nitrogens is 2. The van der Waals surface area contributed by atoms with Crippen molar-refractivity contribution in [2.45, 2.75) is 19.1 Å². The van der Waals surface area contributed by atoms with E-state index in [0.717, 1.165) is 0 Å². The number of hydrogen-bond donors (Lipinski definition) is 2. The van der Waals surface area contributed by atoms with Gasteiger partial charge in [-0.1, -0.05) is 12.1 Å². The van der Waals surface area contributed by atoms with E-state index >= 15 is 0 Å². The number of hydrogen-bond acceptors (Lipinski definition) is 5. The minimum atomic E-state index is -0.484. The fourth-order valence-corrected chi connectivity index (χ4v) is 2.63. The summed E-state index contributed by atoms with van der Waals surface area (Å²) in [4.78, 5) is 25.7. The predicted molar refractivity (Wildman–Crippen MR) is 89.4 cm³/mol. The summed E-state index contributed by atoms with van der Waals surface area (Å²) in [6, 6.07) is 8.42. The number of nitrogens with zero attached hydrogens (tertiary/aromatic N) is 2. The number of ether oxygens (including phenoxy) is 2. The first kappa shape index (κ1) is 16.8. The molecule has 0 bridgehead atoms. The van der Waals surface area contributed by atoms with Crippen molar-refractivity contribution in [2.24, 2.45) is 0 Å². The number of H-pyrrole nitrogens is 1. The van der Waals surface area contributed by atoms with E-state index in [1.165, 1.54) is 0 Å².